The highest BCUT2D eigenvalue weighted by Gasteiger charge is 2.27. The van der Waals surface area contributed by atoms with Gasteiger partial charge in [-0.25, -0.2) is 4.98 Å². The van der Waals surface area contributed by atoms with Crippen molar-refractivity contribution < 1.29 is 0 Å². The molecule has 1 saturated carbocycles. The molecule has 0 radical (unpaired) electrons. The van der Waals surface area contributed by atoms with Gasteiger partial charge in [0.15, 0.2) is 0 Å². The second-order valence-electron chi connectivity index (χ2n) is 6.36. The lowest BCUT2D eigenvalue weighted by Gasteiger charge is -2.26. The molecule has 4 nitrogen and oxygen atoms in total. The molecule has 4 rings (SSSR count). The van der Waals surface area contributed by atoms with Gasteiger partial charge in [-0.05, 0) is 50.3 Å². The van der Waals surface area contributed by atoms with Crippen molar-refractivity contribution in [1.82, 2.24) is 15.3 Å². The molecule has 4 heteroatoms. The van der Waals surface area contributed by atoms with E-state index in [1.807, 2.05) is 24.4 Å². The zero-order chi connectivity index (χ0) is 14.1. The van der Waals surface area contributed by atoms with Gasteiger partial charge in [-0.1, -0.05) is 12.1 Å². The molecule has 2 aromatic rings. The molecule has 0 amide bonds. The average molecular weight is 282 g/mol. The number of nitrogens with zero attached hydrogens (tertiary/aromatic N) is 3. The summed E-state index contributed by atoms with van der Waals surface area (Å²) in [5.41, 5.74) is 1.97. The molecule has 1 aliphatic heterocycles. The Hall–Kier alpha value is -1.68. The maximum Gasteiger partial charge on any atom is 0.147 e. The van der Waals surface area contributed by atoms with Crippen LogP contribution < -0.4 is 10.2 Å². The molecule has 2 fully saturated rings. The zero-order valence-electron chi connectivity index (χ0n) is 12.3. The van der Waals surface area contributed by atoms with E-state index < -0.39 is 0 Å². The highest BCUT2D eigenvalue weighted by molar-refractivity contribution is 5.75. The Morgan fingerprint density at radius 2 is 1.95 bits per heavy atom. The Kier molecular flexibility index (Phi) is 3.47. The van der Waals surface area contributed by atoms with Crippen LogP contribution >= 0.6 is 0 Å². The van der Waals surface area contributed by atoms with Crippen molar-refractivity contribution in [2.75, 3.05) is 24.5 Å². The summed E-state index contributed by atoms with van der Waals surface area (Å²) >= 11 is 0. The van der Waals surface area contributed by atoms with Crippen LogP contribution in [0.1, 0.15) is 25.7 Å². The number of fused-ring (bicyclic) bond motifs is 1. The molecule has 110 valence electrons. The zero-order valence-corrected chi connectivity index (χ0v) is 12.3. The van der Waals surface area contributed by atoms with Gasteiger partial charge in [0.2, 0.25) is 0 Å². The predicted molar refractivity (Wildman–Crippen MR) is 85.5 cm³/mol. The van der Waals surface area contributed by atoms with Gasteiger partial charge in [-0.2, -0.15) is 0 Å². The van der Waals surface area contributed by atoms with E-state index in [9.17, 15) is 0 Å². The van der Waals surface area contributed by atoms with Crippen LogP contribution in [0.25, 0.3) is 11.0 Å². The molecule has 1 aromatic carbocycles. The third-order valence-corrected chi connectivity index (χ3v) is 4.54. The summed E-state index contributed by atoms with van der Waals surface area (Å²) < 4.78 is 0. The Labute approximate surface area is 125 Å². The number of benzene rings is 1. The highest BCUT2D eigenvalue weighted by atomic mass is 15.2. The first-order chi connectivity index (χ1) is 10.4. The summed E-state index contributed by atoms with van der Waals surface area (Å²) in [4.78, 5) is 11.9. The molecular formula is C17H22N4. The molecule has 1 aliphatic carbocycles. The Morgan fingerprint density at radius 3 is 2.71 bits per heavy atom. The summed E-state index contributed by atoms with van der Waals surface area (Å²) in [6.07, 6.45) is 7.26. The van der Waals surface area contributed by atoms with E-state index in [1.54, 1.807) is 0 Å². The SMILES string of the molecule is c1ccc2nc(N(CC3CC3)CC3CCCN3)cnc2c1. The minimum Gasteiger partial charge on any atom is -0.353 e. The molecule has 1 saturated heterocycles. The van der Waals surface area contributed by atoms with Crippen LogP contribution in [0, 0.1) is 5.92 Å². The normalized spacial score (nSPS) is 21.8. The van der Waals surface area contributed by atoms with Crippen LogP contribution in [-0.2, 0) is 0 Å². The molecule has 21 heavy (non-hydrogen) atoms. The van der Waals surface area contributed by atoms with Crippen molar-refractivity contribution in [3.63, 3.8) is 0 Å². The summed E-state index contributed by atoms with van der Waals surface area (Å²) in [7, 11) is 0. The first-order valence-corrected chi connectivity index (χ1v) is 8.08. The van der Waals surface area contributed by atoms with E-state index in [-0.39, 0.29) is 0 Å². The van der Waals surface area contributed by atoms with Crippen molar-refractivity contribution in [3.05, 3.63) is 30.5 Å². The van der Waals surface area contributed by atoms with E-state index in [1.165, 1.54) is 25.7 Å². The second-order valence-corrected chi connectivity index (χ2v) is 6.36. The summed E-state index contributed by atoms with van der Waals surface area (Å²) in [6.45, 7) is 3.35. The number of anilines is 1. The van der Waals surface area contributed by atoms with Crippen molar-refractivity contribution in [1.29, 1.82) is 0 Å². The maximum atomic E-state index is 4.83. The smallest absolute Gasteiger partial charge is 0.147 e. The van der Waals surface area contributed by atoms with Gasteiger partial charge in [0, 0.05) is 19.1 Å². The fourth-order valence-electron chi connectivity index (χ4n) is 3.15. The van der Waals surface area contributed by atoms with Crippen molar-refractivity contribution >= 4 is 16.9 Å². The summed E-state index contributed by atoms with van der Waals surface area (Å²) in [5, 5.41) is 3.60. The molecule has 1 aromatic heterocycles. The standard InChI is InChI=1S/C17H22N4/c1-2-6-16-15(5-1)19-10-17(20-16)21(11-13-7-8-13)12-14-4-3-9-18-14/h1-2,5-6,10,13-14,18H,3-4,7-9,11-12H2. The lowest BCUT2D eigenvalue weighted by molar-refractivity contribution is 0.567. The molecule has 1 N–H and O–H groups in total. The topological polar surface area (TPSA) is 41.1 Å². The number of para-hydroxylation sites is 2. The molecular weight excluding hydrogens is 260 g/mol. The fourth-order valence-corrected chi connectivity index (χ4v) is 3.15. The van der Waals surface area contributed by atoms with Crippen LogP contribution in [0.15, 0.2) is 30.5 Å². The van der Waals surface area contributed by atoms with E-state index in [0.717, 1.165) is 42.4 Å². The number of rotatable bonds is 5. The Bertz CT molecular complexity index is 617. The molecule has 0 bridgehead atoms. The predicted octanol–water partition coefficient (Wildman–Crippen LogP) is 2.60. The molecule has 1 unspecified atom stereocenters. The molecule has 2 heterocycles. The minimum absolute atomic E-state index is 0.608. The average Bonchev–Trinajstić information content (AvgIpc) is 3.19. The van der Waals surface area contributed by atoms with Gasteiger partial charge in [-0.3, -0.25) is 4.98 Å². The van der Waals surface area contributed by atoms with Gasteiger partial charge in [0.05, 0.1) is 17.2 Å². The Balaban J connectivity index is 1.59. The number of nitrogens with one attached hydrogen (secondary N) is 1. The lowest BCUT2D eigenvalue weighted by atomic mass is 10.2. The van der Waals surface area contributed by atoms with E-state index in [4.69, 9.17) is 4.98 Å². The third kappa shape index (κ3) is 3.00. The van der Waals surface area contributed by atoms with Crippen molar-refractivity contribution in [3.8, 4) is 0 Å². The van der Waals surface area contributed by atoms with E-state index in [0.29, 0.717) is 6.04 Å². The molecule has 2 aliphatic rings. The maximum absolute atomic E-state index is 4.83. The second kappa shape index (κ2) is 5.60. The van der Waals surface area contributed by atoms with Crippen LogP contribution in [0.4, 0.5) is 5.82 Å². The van der Waals surface area contributed by atoms with Gasteiger partial charge in [0.25, 0.3) is 0 Å². The monoisotopic (exact) mass is 282 g/mol. The van der Waals surface area contributed by atoms with Crippen LogP contribution in [-0.4, -0.2) is 35.6 Å². The van der Waals surface area contributed by atoms with Crippen LogP contribution in [0.3, 0.4) is 0 Å². The van der Waals surface area contributed by atoms with Gasteiger partial charge in [0.1, 0.15) is 5.82 Å². The quantitative estimate of drug-likeness (QED) is 0.915. The first kappa shape index (κ1) is 13.0. The number of hydrogen-bond acceptors (Lipinski definition) is 4. The number of hydrogen-bond donors (Lipinski definition) is 1. The highest BCUT2D eigenvalue weighted by Crippen LogP contribution is 2.31. The molecule has 1 atom stereocenters. The minimum atomic E-state index is 0.608. The van der Waals surface area contributed by atoms with Gasteiger partial charge >= 0.3 is 0 Å². The number of aromatic nitrogens is 2. The molecule has 0 spiro atoms. The van der Waals surface area contributed by atoms with Gasteiger partial charge < -0.3 is 10.2 Å². The van der Waals surface area contributed by atoms with Gasteiger partial charge in [-0.15, -0.1) is 0 Å². The largest absolute Gasteiger partial charge is 0.353 e. The fraction of sp³-hybridized carbons (Fsp3) is 0.529. The van der Waals surface area contributed by atoms with Crippen molar-refractivity contribution in [2.24, 2.45) is 5.92 Å². The lowest BCUT2D eigenvalue weighted by Crippen LogP contribution is -2.39. The summed E-state index contributed by atoms with van der Waals surface area (Å²) in [5.74, 6) is 1.90. The Morgan fingerprint density at radius 1 is 1.10 bits per heavy atom. The third-order valence-electron chi connectivity index (χ3n) is 4.54. The summed E-state index contributed by atoms with van der Waals surface area (Å²) in [6, 6.07) is 8.73. The van der Waals surface area contributed by atoms with Crippen molar-refractivity contribution in [2.45, 2.75) is 31.7 Å². The van der Waals surface area contributed by atoms with E-state index in [2.05, 4.69) is 21.3 Å². The first-order valence-electron chi connectivity index (χ1n) is 8.08. The van der Waals surface area contributed by atoms with Crippen LogP contribution in [0.5, 0.6) is 0 Å². The van der Waals surface area contributed by atoms with Crippen LogP contribution in [0.2, 0.25) is 0 Å². The van der Waals surface area contributed by atoms with E-state index >= 15 is 0 Å².